The molecule has 2 rings (SSSR count). The van der Waals surface area contributed by atoms with E-state index in [1.165, 1.54) is 0 Å². The Bertz CT molecular complexity index is 581. The number of rotatable bonds is 3. The van der Waals surface area contributed by atoms with Gasteiger partial charge in [0, 0.05) is 22.8 Å². The Hall–Kier alpha value is -2.06. The van der Waals surface area contributed by atoms with E-state index in [4.69, 9.17) is 5.84 Å². The zero-order valence-electron chi connectivity index (χ0n) is 9.89. The molecule has 8 heteroatoms. The molecule has 0 spiro atoms. The van der Waals surface area contributed by atoms with Crippen LogP contribution in [-0.4, -0.2) is 20.2 Å². The van der Waals surface area contributed by atoms with Crippen molar-refractivity contribution in [3.63, 3.8) is 0 Å². The number of carbonyl (C=O) groups excluding carboxylic acids is 1. The quantitative estimate of drug-likeness (QED) is 0.566. The van der Waals surface area contributed by atoms with Crippen LogP contribution in [0.1, 0.15) is 21.9 Å². The lowest BCUT2D eigenvalue weighted by atomic mass is 10.2. The number of hydrogen-bond acceptors (Lipinski definition) is 7. The van der Waals surface area contributed by atoms with Crippen molar-refractivity contribution in [2.75, 3.05) is 10.7 Å². The van der Waals surface area contributed by atoms with Gasteiger partial charge >= 0.3 is 0 Å². The summed E-state index contributed by atoms with van der Waals surface area (Å²) in [5.41, 5.74) is 3.57. The van der Waals surface area contributed by atoms with E-state index in [9.17, 15) is 4.79 Å². The van der Waals surface area contributed by atoms with Crippen LogP contribution < -0.4 is 16.6 Å². The van der Waals surface area contributed by atoms with Gasteiger partial charge in [-0.15, -0.1) is 0 Å². The molecule has 4 N–H and O–H groups in total. The smallest absolute Gasteiger partial charge is 0.257 e. The predicted octanol–water partition coefficient (Wildman–Crippen LogP) is 1.09. The standard InChI is InChI=1S/C10H12N6OS/c1-5-3-7(4-8(12-5)15-11)9(17)14-10-13-6(2)16-18-10/h3-4H,11H2,1-2H3,(H,12,15)(H,13,14,16,17). The van der Waals surface area contributed by atoms with E-state index in [-0.39, 0.29) is 5.91 Å². The summed E-state index contributed by atoms with van der Waals surface area (Å²) in [4.78, 5) is 20.1. The van der Waals surface area contributed by atoms with Gasteiger partial charge in [0.15, 0.2) is 0 Å². The number of nitrogen functional groups attached to an aromatic ring is 1. The van der Waals surface area contributed by atoms with Gasteiger partial charge in [0.1, 0.15) is 11.6 Å². The minimum atomic E-state index is -0.270. The molecule has 0 radical (unpaired) electrons. The number of aromatic nitrogens is 3. The van der Waals surface area contributed by atoms with Crippen LogP contribution in [0.5, 0.6) is 0 Å². The van der Waals surface area contributed by atoms with Gasteiger partial charge in [0.2, 0.25) is 5.13 Å². The van der Waals surface area contributed by atoms with Gasteiger partial charge in [-0.1, -0.05) is 0 Å². The van der Waals surface area contributed by atoms with Crippen LogP contribution >= 0.6 is 11.5 Å². The van der Waals surface area contributed by atoms with Crippen molar-refractivity contribution in [2.24, 2.45) is 5.84 Å². The van der Waals surface area contributed by atoms with Gasteiger partial charge in [-0.25, -0.2) is 15.8 Å². The van der Waals surface area contributed by atoms with Crippen molar-refractivity contribution in [1.82, 2.24) is 14.3 Å². The highest BCUT2D eigenvalue weighted by atomic mass is 32.1. The number of hydrazine groups is 1. The fourth-order valence-electron chi connectivity index (χ4n) is 1.39. The van der Waals surface area contributed by atoms with Crippen molar-refractivity contribution in [3.8, 4) is 0 Å². The number of amides is 1. The zero-order valence-corrected chi connectivity index (χ0v) is 10.7. The Balaban J connectivity index is 2.20. The molecule has 2 aromatic heterocycles. The Labute approximate surface area is 108 Å². The molecular weight excluding hydrogens is 252 g/mol. The molecule has 0 aliphatic carbocycles. The number of anilines is 2. The van der Waals surface area contributed by atoms with Crippen molar-refractivity contribution >= 4 is 28.4 Å². The van der Waals surface area contributed by atoms with Gasteiger partial charge in [-0.3, -0.25) is 10.1 Å². The van der Waals surface area contributed by atoms with Crippen molar-refractivity contribution in [1.29, 1.82) is 0 Å². The first-order valence-corrected chi connectivity index (χ1v) is 5.93. The van der Waals surface area contributed by atoms with E-state index in [0.717, 1.165) is 11.5 Å². The highest BCUT2D eigenvalue weighted by Crippen LogP contribution is 2.14. The third-order valence-electron chi connectivity index (χ3n) is 2.11. The molecule has 2 aromatic rings. The zero-order chi connectivity index (χ0) is 13.1. The molecule has 0 saturated carbocycles. The van der Waals surface area contributed by atoms with Crippen LogP contribution in [0, 0.1) is 13.8 Å². The van der Waals surface area contributed by atoms with Crippen LogP contribution in [-0.2, 0) is 0 Å². The molecular formula is C10H12N6OS. The number of aryl methyl sites for hydroxylation is 2. The number of nitrogens with two attached hydrogens (primary N) is 1. The van der Waals surface area contributed by atoms with Crippen LogP contribution in [0.15, 0.2) is 12.1 Å². The molecule has 0 aliphatic heterocycles. The Morgan fingerprint density at radius 1 is 1.33 bits per heavy atom. The monoisotopic (exact) mass is 264 g/mol. The van der Waals surface area contributed by atoms with Crippen LogP contribution in [0.2, 0.25) is 0 Å². The summed E-state index contributed by atoms with van der Waals surface area (Å²) < 4.78 is 3.99. The van der Waals surface area contributed by atoms with Gasteiger partial charge < -0.3 is 5.43 Å². The molecule has 0 bridgehead atoms. The summed E-state index contributed by atoms with van der Waals surface area (Å²) >= 11 is 1.14. The third kappa shape index (κ3) is 2.79. The predicted molar refractivity (Wildman–Crippen MR) is 69.4 cm³/mol. The molecule has 18 heavy (non-hydrogen) atoms. The van der Waals surface area contributed by atoms with E-state index in [1.54, 1.807) is 26.0 Å². The fourth-order valence-corrected chi connectivity index (χ4v) is 1.96. The highest BCUT2D eigenvalue weighted by molar-refractivity contribution is 7.09. The lowest BCUT2D eigenvalue weighted by Crippen LogP contribution is -2.15. The number of nitrogens with zero attached hydrogens (tertiary/aromatic N) is 3. The molecule has 0 aromatic carbocycles. The SMILES string of the molecule is Cc1cc(C(=O)Nc2nc(C)ns2)cc(NN)n1. The summed E-state index contributed by atoms with van der Waals surface area (Å²) in [6.45, 7) is 3.55. The van der Waals surface area contributed by atoms with Crippen molar-refractivity contribution in [3.05, 3.63) is 29.2 Å². The second kappa shape index (κ2) is 5.07. The molecule has 0 saturated heterocycles. The fraction of sp³-hybridized carbons (Fsp3) is 0.200. The molecule has 94 valence electrons. The molecule has 0 atom stereocenters. The average Bonchev–Trinajstić information content (AvgIpc) is 2.73. The van der Waals surface area contributed by atoms with E-state index >= 15 is 0 Å². The lowest BCUT2D eigenvalue weighted by Gasteiger charge is -2.05. The summed E-state index contributed by atoms with van der Waals surface area (Å²) in [5.74, 6) is 6.08. The van der Waals surface area contributed by atoms with Gasteiger partial charge in [-0.05, 0) is 26.0 Å². The Morgan fingerprint density at radius 3 is 2.72 bits per heavy atom. The first-order valence-electron chi connectivity index (χ1n) is 5.15. The van der Waals surface area contributed by atoms with Crippen molar-refractivity contribution < 1.29 is 4.79 Å². The lowest BCUT2D eigenvalue weighted by molar-refractivity contribution is 0.102. The molecule has 2 heterocycles. The number of carbonyl (C=O) groups is 1. The van der Waals surface area contributed by atoms with Crippen LogP contribution in [0.3, 0.4) is 0 Å². The highest BCUT2D eigenvalue weighted by Gasteiger charge is 2.10. The van der Waals surface area contributed by atoms with E-state index in [2.05, 4.69) is 25.1 Å². The number of nitrogens with one attached hydrogen (secondary N) is 2. The third-order valence-corrected chi connectivity index (χ3v) is 2.83. The van der Waals surface area contributed by atoms with E-state index < -0.39 is 0 Å². The van der Waals surface area contributed by atoms with E-state index in [0.29, 0.717) is 28.0 Å². The normalized spacial score (nSPS) is 10.2. The minimum Gasteiger partial charge on any atom is -0.308 e. The second-order valence-corrected chi connectivity index (χ2v) is 4.38. The topological polar surface area (TPSA) is 106 Å². The van der Waals surface area contributed by atoms with Gasteiger partial charge in [-0.2, -0.15) is 4.37 Å². The molecule has 0 unspecified atom stereocenters. The molecule has 7 nitrogen and oxygen atoms in total. The Kier molecular flexibility index (Phi) is 3.49. The summed E-state index contributed by atoms with van der Waals surface area (Å²) in [6.07, 6.45) is 0. The van der Waals surface area contributed by atoms with E-state index in [1.807, 2.05) is 0 Å². The summed E-state index contributed by atoms with van der Waals surface area (Å²) in [5, 5.41) is 3.13. The minimum absolute atomic E-state index is 0.270. The van der Waals surface area contributed by atoms with Crippen LogP contribution in [0.4, 0.5) is 10.9 Å². The second-order valence-electron chi connectivity index (χ2n) is 3.63. The molecule has 0 aliphatic rings. The first-order chi connectivity index (χ1) is 8.58. The van der Waals surface area contributed by atoms with Crippen LogP contribution in [0.25, 0.3) is 0 Å². The molecule has 1 amide bonds. The number of pyridine rings is 1. The van der Waals surface area contributed by atoms with Gasteiger partial charge in [0.25, 0.3) is 5.91 Å². The Morgan fingerprint density at radius 2 is 2.11 bits per heavy atom. The summed E-state index contributed by atoms with van der Waals surface area (Å²) in [6, 6.07) is 3.24. The largest absolute Gasteiger partial charge is 0.308 e. The number of hydrogen-bond donors (Lipinski definition) is 3. The molecule has 0 fully saturated rings. The van der Waals surface area contributed by atoms with Gasteiger partial charge in [0.05, 0.1) is 0 Å². The first kappa shape index (κ1) is 12.4. The maximum atomic E-state index is 12.0. The summed E-state index contributed by atoms with van der Waals surface area (Å²) in [7, 11) is 0. The maximum absolute atomic E-state index is 12.0. The average molecular weight is 264 g/mol. The van der Waals surface area contributed by atoms with Crippen molar-refractivity contribution in [2.45, 2.75) is 13.8 Å². The maximum Gasteiger partial charge on any atom is 0.257 e.